The Hall–Kier alpha value is -0.210. The van der Waals surface area contributed by atoms with Gasteiger partial charge in [0.05, 0.1) is 6.00 Å². The fourth-order valence-electron chi connectivity index (χ4n) is 0.645. The summed E-state index contributed by atoms with van der Waals surface area (Å²) >= 11 is 8.79. The molecular formula is C7H7BrClN. The maximum absolute atomic E-state index is 5.45. The van der Waals surface area contributed by atoms with E-state index in [1.54, 1.807) is 0 Å². The van der Waals surface area contributed by atoms with E-state index in [2.05, 4.69) is 21.2 Å². The SMILES string of the molecule is ClCNc1ccc(Br)cc1. The molecule has 0 aromatic heterocycles. The minimum absolute atomic E-state index is 0.446. The predicted molar refractivity (Wildman–Crippen MR) is 48.5 cm³/mol. The molecular weight excluding hydrogens is 213 g/mol. The Morgan fingerprint density at radius 2 is 1.90 bits per heavy atom. The summed E-state index contributed by atoms with van der Waals surface area (Å²) in [5, 5.41) is 2.98. The molecule has 1 aromatic carbocycles. The van der Waals surface area contributed by atoms with Crippen LogP contribution >= 0.6 is 27.5 Å². The molecule has 1 N–H and O–H groups in total. The molecule has 1 aromatic rings. The lowest BCUT2D eigenvalue weighted by Gasteiger charge is -1.99. The second-order valence-electron chi connectivity index (χ2n) is 1.82. The lowest BCUT2D eigenvalue weighted by molar-refractivity contribution is 1.45. The van der Waals surface area contributed by atoms with E-state index in [0.29, 0.717) is 6.00 Å². The van der Waals surface area contributed by atoms with Gasteiger partial charge in [0, 0.05) is 10.2 Å². The molecule has 0 aliphatic carbocycles. The third-order valence-electron chi connectivity index (χ3n) is 1.12. The van der Waals surface area contributed by atoms with Crippen molar-refractivity contribution in [2.75, 3.05) is 11.3 Å². The van der Waals surface area contributed by atoms with Crippen LogP contribution in [0.1, 0.15) is 0 Å². The maximum Gasteiger partial charge on any atom is 0.0901 e. The van der Waals surface area contributed by atoms with Gasteiger partial charge in [0.2, 0.25) is 0 Å². The van der Waals surface area contributed by atoms with Gasteiger partial charge in [-0.05, 0) is 24.3 Å². The number of alkyl halides is 1. The maximum atomic E-state index is 5.45. The van der Waals surface area contributed by atoms with Crippen molar-refractivity contribution in [1.82, 2.24) is 0 Å². The van der Waals surface area contributed by atoms with Crippen LogP contribution in [0.2, 0.25) is 0 Å². The summed E-state index contributed by atoms with van der Waals surface area (Å²) in [6.07, 6.45) is 0. The molecule has 0 radical (unpaired) electrons. The van der Waals surface area contributed by atoms with Gasteiger partial charge in [-0.25, -0.2) is 0 Å². The van der Waals surface area contributed by atoms with Gasteiger partial charge in [0.25, 0.3) is 0 Å². The Morgan fingerprint density at radius 1 is 1.30 bits per heavy atom. The highest BCUT2D eigenvalue weighted by molar-refractivity contribution is 9.10. The van der Waals surface area contributed by atoms with Crippen LogP contribution in [0.3, 0.4) is 0 Å². The Balaban J connectivity index is 2.69. The number of hydrogen-bond donors (Lipinski definition) is 1. The fourth-order valence-corrected chi connectivity index (χ4v) is 1.06. The molecule has 1 nitrogen and oxygen atoms in total. The number of anilines is 1. The summed E-state index contributed by atoms with van der Waals surface area (Å²) in [7, 11) is 0. The van der Waals surface area contributed by atoms with Crippen LogP contribution in [0.15, 0.2) is 28.7 Å². The van der Waals surface area contributed by atoms with Gasteiger partial charge in [-0.15, -0.1) is 11.6 Å². The van der Waals surface area contributed by atoms with Crippen LogP contribution in [0.5, 0.6) is 0 Å². The molecule has 0 atom stereocenters. The molecule has 0 fully saturated rings. The highest BCUT2D eigenvalue weighted by Crippen LogP contribution is 2.13. The average molecular weight is 220 g/mol. The highest BCUT2D eigenvalue weighted by atomic mass is 79.9. The zero-order valence-corrected chi connectivity index (χ0v) is 7.61. The van der Waals surface area contributed by atoms with E-state index in [-0.39, 0.29) is 0 Å². The van der Waals surface area contributed by atoms with Crippen LogP contribution in [-0.4, -0.2) is 6.00 Å². The topological polar surface area (TPSA) is 12.0 Å². The minimum Gasteiger partial charge on any atom is -0.372 e. The van der Waals surface area contributed by atoms with Crippen LogP contribution in [0.4, 0.5) is 5.69 Å². The molecule has 1 rings (SSSR count). The summed E-state index contributed by atoms with van der Waals surface area (Å²) in [5.74, 6) is 0. The lowest BCUT2D eigenvalue weighted by Crippen LogP contribution is -1.92. The molecule has 0 amide bonds. The molecule has 0 aliphatic heterocycles. The number of hydrogen-bond acceptors (Lipinski definition) is 1. The molecule has 10 heavy (non-hydrogen) atoms. The lowest BCUT2D eigenvalue weighted by atomic mass is 10.3. The molecule has 0 unspecified atom stereocenters. The van der Waals surface area contributed by atoms with Gasteiger partial charge in [0.15, 0.2) is 0 Å². The zero-order chi connectivity index (χ0) is 7.40. The second-order valence-corrected chi connectivity index (χ2v) is 3.00. The second kappa shape index (κ2) is 3.84. The Labute approximate surface area is 73.5 Å². The first kappa shape index (κ1) is 7.89. The van der Waals surface area contributed by atoms with Crippen molar-refractivity contribution in [3.05, 3.63) is 28.7 Å². The Morgan fingerprint density at radius 3 is 2.40 bits per heavy atom. The first-order chi connectivity index (χ1) is 4.83. The standard InChI is InChI=1S/C7H7BrClN/c8-6-1-3-7(4-2-6)10-5-9/h1-4,10H,5H2. The summed E-state index contributed by atoms with van der Waals surface area (Å²) in [5.41, 5.74) is 1.04. The number of nitrogens with one attached hydrogen (secondary N) is 1. The predicted octanol–water partition coefficient (Wildman–Crippen LogP) is 3.06. The molecule has 0 aliphatic rings. The van der Waals surface area contributed by atoms with Crippen molar-refractivity contribution >= 4 is 33.2 Å². The van der Waals surface area contributed by atoms with E-state index in [1.807, 2.05) is 24.3 Å². The summed E-state index contributed by atoms with van der Waals surface area (Å²) in [6.45, 7) is 0. The molecule has 3 heteroatoms. The van der Waals surface area contributed by atoms with Gasteiger partial charge >= 0.3 is 0 Å². The Kier molecular flexibility index (Phi) is 3.03. The third-order valence-corrected chi connectivity index (χ3v) is 1.78. The molecule has 0 spiro atoms. The molecule has 0 bridgehead atoms. The molecule has 0 saturated carbocycles. The van der Waals surface area contributed by atoms with Gasteiger partial charge in [-0.1, -0.05) is 15.9 Å². The average Bonchev–Trinajstić information content (AvgIpc) is 1.95. The van der Waals surface area contributed by atoms with Gasteiger partial charge in [-0.2, -0.15) is 0 Å². The van der Waals surface area contributed by atoms with E-state index in [1.165, 1.54) is 0 Å². The summed E-state index contributed by atoms with van der Waals surface area (Å²) < 4.78 is 1.08. The smallest absolute Gasteiger partial charge is 0.0901 e. The van der Waals surface area contributed by atoms with Gasteiger partial charge in [0.1, 0.15) is 0 Å². The number of halogens is 2. The monoisotopic (exact) mass is 219 g/mol. The van der Waals surface area contributed by atoms with E-state index in [0.717, 1.165) is 10.2 Å². The summed E-state index contributed by atoms with van der Waals surface area (Å²) in [4.78, 5) is 0. The van der Waals surface area contributed by atoms with Crippen molar-refractivity contribution in [1.29, 1.82) is 0 Å². The third kappa shape index (κ3) is 2.20. The van der Waals surface area contributed by atoms with Crippen molar-refractivity contribution in [2.45, 2.75) is 0 Å². The van der Waals surface area contributed by atoms with Crippen molar-refractivity contribution in [2.24, 2.45) is 0 Å². The van der Waals surface area contributed by atoms with Crippen molar-refractivity contribution < 1.29 is 0 Å². The van der Waals surface area contributed by atoms with E-state index in [9.17, 15) is 0 Å². The first-order valence-corrected chi connectivity index (χ1v) is 4.21. The fraction of sp³-hybridized carbons (Fsp3) is 0.143. The number of rotatable bonds is 2. The largest absolute Gasteiger partial charge is 0.372 e. The van der Waals surface area contributed by atoms with Crippen molar-refractivity contribution in [3.8, 4) is 0 Å². The Bertz CT molecular complexity index is 197. The number of benzene rings is 1. The van der Waals surface area contributed by atoms with Gasteiger partial charge in [-0.3, -0.25) is 0 Å². The highest BCUT2D eigenvalue weighted by Gasteiger charge is 1.87. The van der Waals surface area contributed by atoms with Crippen molar-refractivity contribution in [3.63, 3.8) is 0 Å². The van der Waals surface area contributed by atoms with Gasteiger partial charge < -0.3 is 5.32 Å². The van der Waals surface area contributed by atoms with Crippen LogP contribution in [0.25, 0.3) is 0 Å². The normalized spacial score (nSPS) is 9.40. The van der Waals surface area contributed by atoms with E-state index >= 15 is 0 Å². The van der Waals surface area contributed by atoms with Crippen LogP contribution < -0.4 is 5.32 Å². The first-order valence-electron chi connectivity index (χ1n) is 2.88. The molecule has 0 heterocycles. The van der Waals surface area contributed by atoms with Crippen LogP contribution in [-0.2, 0) is 0 Å². The van der Waals surface area contributed by atoms with E-state index < -0.39 is 0 Å². The molecule has 0 saturated heterocycles. The minimum atomic E-state index is 0.446. The van der Waals surface area contributed by atoms with E-state index in [4.69, 9.17) is 11.6 Å². The zero-order valence-electron chi connectivity index (χ0n) is 5.27. The van der Waals surface area contributed by atoms with Crippen LogP contribution in [0, 0.1) is 0 Å². The molecule has 54 valence electrons. The quantitative estimate of drug-likeness (QED) is 0.597. The summed E-state index contributed by atoms with van der Waals surface area (Å²) in [6, 6.07) is 8.31.